The van der Waals surface area contributed by atoms with E-state index in [1.807, 2.05) is 26.0 Å². The van der Waals surface area contributed by atoms with Crippen LogP contribution in [-0.2, 0) is 0 Å². The summed E-state index contributed by atoms with van der Waals surface area (Å²) < 4.78 is 5.65. The van der Waals surface area contributed by atoms with Gasteiger partial charge in [-0.25, -0.2) is 4.98 Å². The molecule has 2 aromatic rings. The maximum Gasteiger partial charge on any atom is 0.225 e. The van der Waals surface area contributed by atoms with Crippen molar-refractivity contribution in [2.45, 2.75) is 13.8 Å². The zero-order chi connectivity index (χ0) is 13.0. The number of ether oxygens (including phenoxy) is 1. The summed E-state index contributed by atoms with van der Waals surface area (Å²) in [6, 6.07) is 7.30. The van der Waals surface area contributed by atoms with E-state index in [-0.39, 0.29) is 0 Å². The van der Waals surface area contributed by atoms with Crippen molar-refractivity contribution in [3.63, 3.8) is 0 Å². The number of nitrogens with zero attached hydrogens (tertiary/aromatic N) is 2. The van der Waals surface area contributed by atoms with E-state index in [9.17, 15) is 0 Å². The lowest BCUT2D eigenvalue weighted by atomic mass is 10.2. The van der Waals surface area contributed by atoms with Crippen LogP contribution in [0.1, 0.15) is 12.5 Å². The van der Waals surface area contributed by atoms with Crippen LogP contribution in [0.2, 0.25) is 5.02 Å². The predicted octanol–water partition coefficient (Wildman–Crippen LogP) is 3.66. The van der Waals surface area contributed by atoms with Gasteiger partial charge in [0.25, 0.3) is 0 Å². The van der Waals surface area contributed by atoms with Gasteiger partial charge in [-0.3, -0.25) is 0 Å². The molecule has 0 fully saturated rings. The van der Waals surface area contributed by atoms with Crippen molar-refractivity contribution < 1.29 is 4.74 Å². The number of aromatic nitrogens is 2. The van der Waals surface area contributed by atoms with Gasteiger partial charge >= 0.3 is 0 Å². The van der Waals surface area contributed by atoms with E-state index in [0.29, 0.717) is 22.6 Å². The second-order valence-corrected chi connectivity index (χ2v) is 4.19. The molecule has 0 atom stereocenters. The predicted molar refractivity (Wildman–Crippen MR) is 72.5 cm³/mol. The van der Waals surface area contributed by atoms with E-state index in [0.717, 1.165) is 12.1 Å². The van der Waals surface area contributed by atoms with Gasteiger partial charge in [0.1, 0.15) is 5.75 Å². The zero-order valence-corrected chi connectivity index (χ0v) is 11.0. The average Bonchev–Trinajstić information content (AvgIpc) is 2.35. The lowest BCUT2D eigenvalue weighted by molar-refractivity contribution is 0.462. The van der Waals surface area contributed by atoms with E-state index in [4.69, 9.17) is 16.3 Å². The maximum atomic E-state index is 6.06. The molecule has 0 saturated carbocycles. The number of rotatable bonds is 4. The van der Waals surface area contributed by atoms with Gasteiger partial charge in [-0.2, -0.15) is 4.98 Å². The highest BCUT2D eigenvalue weighted by Crippen LogP contribution is 2.29. The molecule has 0 radical (unpaired) electrons. The Morgan fingerprint density at radius 3 is 2.94 bits per heavy atom. The Morgan fingerprint density at radius 2 is 2.17 bits per heavy atom. The number of nitrogens with one attached hydrogen (secondary N) is 1. The summed E-state index contributed by atoms with van der Waals surface area (Å²) >= 11 is 6.06. The molecule has 2 rings (SSSR count). The fourth-order valence-corrected chi connectivity index (χ4v) is 1.60. The number of benzene rings is 1. The molecule has 18 heavy (non-hydrogen) atoms. The van der Waals surface area contributed by atoms with Gasteiger partial charge in [-0.1, -0.05) is 17.7 Å². The Kier molecular flexibility index (Phi) is 3.99. The van der Waals surface area contributed by atoms with Gasteiger partial charge in [0.15, 0.2) is 0 Å². The topological polar surface area (TPSA) is 47.0 Å². The fourth-order valence-electron chi connectivity index (χ4n) is 1.44. The highest BCUT2D eigenvalue weighted by atomic mass is 35.5. The van der Waals surface area contributed by atoms with Crippen LogP contribution in [0.3, 0.4) is 0 Å². The van der Waals surface area contributed by atoms with E-state index in [2.05, 4.69) is 15.3 Å². The van der Waals surface area contributed by atoms with Crippen LogP contribution in [0.5, 0.6) is 11.6 Å². The van der Waals surface area contributed by atoms with Crippen LogP contribution in [-0.4, -0.2) is 16.5 Å². The molecule has 0 aliphatic rings. The van der Waals surface area contributed by atoms with Crippen LogP contribution in [0.4, 0.5) is 5.95 Å². The van der Waals surface area contributed by atoms with Gasteiger partial charge in [-0.15, -0.1) is 0 Å². The monoisotopic (exact) mass is 263 g/mol. The fraction of sp³-hybridized carbons (Fsp3) is 0.231. The summed E-state index contributed by atoms with van der Waals surface area (Å²) in [6.07, 6.45) is 1.64. The molecular formula is C13H14ClN3O. The molecule has 1 aromatic heterocycles. The molecular weight excluding hydrogens is 250 g/mol. The van der Waals surface area contributed by atoms with Crippen LogP contribution in [0.25, 0.3) is 0 Å². The number of hydrogen-bond acceptors (Lipinski definition) is 4. The van der Waals surface area contributed by atoms with Gasteiger partial charge in [0.05, 0.1) is 5.02 Å². The molecule has 1 heterocycles. The third kappa shape index (κ3) is 3.11. The first-order chi connectivity index (χ1) is 8.69. The summed E-state index contributed by atoms with van der Waals surface area (Å²) in [6.45, 7) is 4.72. The largest absolute Gasteiger partial charge is 0.437 e. The molecule has 0 unspecified atom stereocenters. The summed E-state index contributed by atoms with van der Waals surface area (Å²) in [5, 5.41) is 3.58. The summed E-state index contributed by atoms with van der Waals surface area (Å²) in [7, 11) is 0. The Hall–Kier alpha value is -1.81. The van der Waals surface area contributed by atoms with Crippen LogP contribution < -0.4 is 10.1 Å². The number of halogens is 1. The second kappa shape index (κ2) is 5.69. The Bertz CT molecular complexity index is 546. The van der Waals surface area contributed by atoms with E-state index < -0.39 is 0 Å². The Labute approximate surface area is 111 Å². The first-order valence-corrected chi connectivity index (χ1v) is 6.07. The second-order valence-electron chi connectivity index (χ2n) is 3.78. The Balaban J connectivity index is 2.22. The number of anilines is 1. The number of aryl methyl sites for hydroxylation is 1. The van der Waals surface area contributed by atoms with E-state index in [1.54, 1.807) is 18.3 Å². The van der Waals surface area contributed by atoms with Gasteiger partial charge in [0, 0.05) is 18.8 Å². The standard InChI is InChI=1S/C13H14ClN3O/c1-3-15-13-16-7-6-12(17-13)18-11-8-9(2)4-5-10(11)14/h4-8H,3H2,1-2H3,(H,15,16,17). The third-order valence-corrected chi connectivity index (χ3v) is 2.58. The molecule has 0 saturated heterocycles. The first-order valence-electron chi connectivity index (χ1n) is 5.70. The Morgan fingerprint density at radius 1 is 1.33 bits per heavy atom. The first kappa shape index (κ1) is 12.6. The molecule has 1 N–H and O–H groups in total. The third-order valence-electron chi connectivity index (χ3n) is 2.27. The van der Waals surface area contributed by atoms with Crippen molar-refractivity contribution in [2.24, 2.45) is 0 Å². The normalized spacial score (nSPS) is 10.2. The quantitative estimate of drug-likeness (QED) is 0.914. The van der Waals surface area contributed by atoms with Crippen molar-refractivity contribution in [1.29, 1.82) is 0 Å². The summed E-state index contributed by atoms with van der Waals surface area (Å²) in [5.74, 6) is 1.60. The maximum absolute atomic E-state index is 6.06. The molecule has 1 aromatic carbocycles. The van der Waals surface area contributed by atoms with Gasteiger partial charge < -0.3 is 10.1 Å². The van der Waals surface area contributed by atoms with E-state index in [1.165, 1.54) is 0 Å². The minimum atomic E-state index is 0.466. The molecule has 0 amide bonds. The van der Waals surface area contributed by atoms with Crippen LogP contribution in [0, 0.1) is 6.92 Å². The summed E-state index contributed by atoms with van der Waals surface area (Å²) in [4.78, 5) is 8.30. The molecule has 5 heteroatoms. The highest BCUT2D eigenvalue weighted by molar-refractivity contribution is 6.32. The molecule has 4 nitrogen and oxygen atoms in total. The molecule has 0 aliphatic carbocycles. The minimum Gasteiger partial charge on any atom is -0.437 e. The lowest BCUT2D eigenvalue weighted by Gasteiger charge is -2.08. The molecule has 94 valence electrons. The van der Waals surface area contributed by atoms with Crippen molar-refractivity contribution in [3.05, 3.63) is 41.0 Å². The average molecular weight is 264 g/mol. The lowest BCUT2D eigenvalue weighted by Crippen LogP contribution is -2.02. The minimum absolute atomic E-state index is 0.466. The van der Waals surface area contributed by atoms with Gasteiger partial charge in [0.2, 0.25) is 11.8 Å². The van der Waals surface area contributed by atoms with Crippen molar-refractivity contribution >= 4 is 17.5 Å². The van der Waals surface area contributed by atoms with Crippen molar-refractivity contribution in [1.82, 2.24) is 9.97 Å². The van der Waals surface area contributed by atoms with Gasteiger partial charge in [-0.05, 0) is 31.5 Å². The molecule has 0 aliphatic heterocycles. The highest BCUT2D eigenvalue weighted by Gasteiger charge is 2.05. The van der Waals surface area contributed by atoms with Crippen LogP contribution >= 0.6 is 11.6 Å². The zero-order valence-electron chi connectivity index (χ0n) is 10.3. The smallest absolute Gasteiger partial charge is 0.225 e. The number of hydrogen-bond donors (Lipinski definition) is 1. The molecule has 0 spiro atoms. The van der Waals surface area contributed by atoms with E-state index >= 15 is 0 Å². The molecule has 0 bridgehead atoms. The summed E-state index contributed by atoms with van der Waals surface area (Å²) in [5.41, 5.74) is 1.08. The van der Waals surface area contributed by atoms with Crippen molar-refractivity contribution in [2.75, 3.05) is 11.9 Å². The SMILES string of the molecule is CCNc1nccc(Oc2cc(C)ccc2Cl)n1. The van der Waals surface area contributed by atoms with Crippen LogP contribution in [0.15, 0.2) is 30.5 Å². The van der Waals surface area contributed by atoms with Crippen molar-refractivity contribution in [3.8, 4) is 11.6 Å².